The standard InChI is InChI=1S/C17H24BrNO/c1-19-16(8-12-4-2-3-5-12)11-14-10-15(18)9-13-6-7-20-17(13)14/h9-10,12,16,19H,2-8,11H2,1H3. The average Bonchev–Trinajstić information content (AvgIpc) is 3.08. The maximum absolute atomic E-state index is 5.85. The van der Waals surface area contributed by atoms with Gasteiger partial charge in [-0.3, -0.25) is 0 Å². The Balaban J connectivity index is 1.72. The molecule has 1 atom stereocenters. The van der Waals surface area contributed by atoms with Crippen LogP contribution in [0, 0.1) is 5.92 Å². The van der Waals surface area contributed by atoms with Crippen molar-refractivity contribution in [3.05, 3.63) is 27.7 Å². The summed E-state index contributed by atoms with van der Waals surface area (Å²) in [5.74, 6) is 2.08. The molecule has 3 heteroatoms. The van der Waals surface area contributed by atoms with Crippen molar-refractivity contribution >= 4 is 15.9 Å². The minimum atomic E-state index is 0.570. The monoisotopic (exact) mass is 337 g/mol. The van der Waals surface area contributed by atoms with E-state index in [1.54, 1.807) is 0 Å². The molecule has 1 aliphatic carbocycles. The molecule has 0 radical (unpaired) electrons. The van der Waals surface area contributed by atoms with Crippen LogP contribution in [0.15, 0.2) is 16.6 Å². The molecule has 0 saturated heterocycles. The fourth-order valence-corrected chi connectivity index (χ4v) is 4.27. The van der Waals surface area contributed by atoms with Gasteiger partial charge >= 0.3 is 0 Å². The van der Waals surface area contributed by atoms with Gasteiger partial charge in [0.2, 0.25) is 0 Å². The fourth-order valence-electron chi connectivity index (χ4n) is 3.71. The third-order valence-corrected chi connectivity index (χ3v) is 5.25. The molecule has 20 heavy (non-hydrogen) atoms. The molecule has 110 valence electrons. The molecule has 0 spiro atoms. The molecule has 1 aromatic carbocycles. The minimum absolute atomic E-state index is 0.570. The van der Waals surface area contributed by atoms with Gasteiger partial charge in [-0.05, 0) is 49.1 Å². The number of fused-ring (bicyclic) bond motifs is 1. The first-order valence-electron chi connectivity index (χ1n) is 7.87. The van der Waals surface area contributed by atoms with E-state index in [0.29, 0.717) is 6.04 Å². The zero-order valence-corrected chi connectivity index (χ0v) is 13.8. The highest BCUT2D eigenvalue weighted by atomic mass is 79.9. The number of likely N-dealkylation sites (N-methyl/N-ethyl adjacent to an activating group) is 1. The van der Waals surface area contributed by atoms with Crippen LogP contribution in [-0.4, -0.2) is 19.7 Å². The number of hydrogen-bond donors (Lipinski definition) is 1. The Morgan fingerprint density at radius 1 is 1.35 bits per heavy atom. The summed E-state index contributed by atoms with van der Waals surface area (Å²) in [7, 11) is 2.10. The van der Waals surface area contributed by atoms with Crippen molar-refractivity contribution in [2.75, 3.05) is 13.7 Å². The van der Waals surface area contributed by atoms with E-state index in [1.807, 2.05) is 0 Å². The van der Waals surface area contributed by atoms with Crippen molar-refractivity contribution in [1.29, 1.82) is 0 Å². The van der Waals surface area contributed by atoms with Gasteiger partial charge in [-0.1, -0.05) is 41.6 Å². The summed E-state index contributed by atoms with van der Waals surface area (Å²) in [6.07, 6.45) is 9.13. The maximum Gasteiger partial charge on any atom is 0.125 e. The summed E-state index contributed by atoms with van der Waals surface area (Å²) in [6.45, 7) is 0.839. The summed E-state index contributed by atoms with van der Waals surface area (Å²) in [6, 6.07) is 5.01. The van der Waals surface area contributed by atoms with Gasteiger partial charge in [0.05, 0.1) is 6.61 Å². The van der Waals surface area contributed by atoms with Crippen LogP contribution in [0.5, 0.6) is 5.75 Å². The molecular weight excluding hydrogens is 314 g/mol. The Morgan fingerprint density at radius 3 is 2.90 bits per heavy atom. The summed E-state index contributed by atoms with van der Waals surface area (Å²) < 4.78 is 7.04. The summed E-state index contributed by atoms with van der Waals surface area (Å²) in [5, 5.41) is 3.52. The summed E-state index contributed by atoms with van der Waals surface area (Å²) in [5.41, 5.74) is 2.73. The number of hydrogen-bond acceptors (Lipinski definition) is 2. The minimum Gasteiger partial charge on any atom is -0.493 e. The number of nitrogens with one attached hydrogen (secondary N) is 1. The SMILES string of the molecule is CNC(Cc1cc(Br)cc2c1OCC2)CC1CCCC1. The van der Waals surface area contributed by atoms with Crippen molar-refractivity contribution in [2.45, 2.75) is 51.0 Å². The van der Waals surface area contributed by atoms with Crippen molar-refractivity contribution in [1.82, 2.24) is 5.32 Å². The lowest BCUT2D eigenvalue weighted by Crippen LogP contribution is -2.29. The predicted molar refractivity (Wildman–Crippen MR) is 86.5 cm³/mol. The fraction of sp³-hybridized carbons (Fsp3) is 0.647. The highest BCUT2D eigenvalue weighted by Gasteiger charge is 2.23. The first-order chi connectivity index (χ1) is 9.76. The first kappa shape index (κ1) is 14.4. The molecule has 1 unspecified atom stereocenters. The van der Waals surface area contributed by atoms with Gasteiger partial charge in [-0.25, -0.2) is 0 Å². The Kier molecular flexibility index (Phi) is 4.67. The number of benzene rings is 1. The van der Waals surface area contributed by atoms with E-state index in [-0.39, 0.29) is 0 Å². The zero-order valence-electron chi connectivity index (χ0n) is 12.3. The third-order valence-electron chi connectivity index (χ3n) is 4.79. The lowest BCUT2D eigenvalue weighted by molar-refractivity contribution is 0.348. The van der Waals surface area contributed by atoms with Gasteiger partial charge in [0, 0.05) is 16.9 Å². The van der Waals surface area contributed by atoms with E-state index < -0.39 is 0 Å². The molecule has 3 rings (SSSR count). The van der Waals surface area contributed by atoms with Gasteiger partial charge in [-0.15, -0.1) is 0 Å². The molecule has 0 bridgehead atoms. The summed E-state index contributed by atoms with van der Waals surface area (Å²) in [4.78, 5) is 0. The molecule has 2 nitrogen and oxygen atoms in total. The van der Waals surface area contributed by atoms with Crippen LogP contribution in [0.1, 0.15) is 43.2 Å². The van der Waals surface area contributed by atoms with Gasteiger partial charge in [0.1, 0.15) is 5.75 Å². The van der Waals surface area contributed by atoms with E-state index in [9.17, 15) is 0 Å². The summed E-state index contributed by atoms with van der Waals surface area (Å²) >= 11 is 3.64. The van der Waals surface area contributed by atoms with E-state index >= 15 is 0 Å². The van der Waals surface area contributed by atoms with Crippen molar-refractivity contribution in [2.24, 2.45) is 5.92 Å². The second kappa shape index (κ2) is 6.48. The van der Waals surface area contributed by atoms with Crippen LogP contribution in [0.2, 0.25) is 0 Å². The molecule has 1 N–H and O–H groups in total. The van der Waals surface area contributed by atoms with E-state index in [1.165, 1.54) is 47.7 Å². The number of rotatable bonds is 5. The van der Waals surface area contributed by atoms with Gasteiger partial charge < -0.3 is 10.1 Å². The molecule has 1 aliphatic heterocycles. The highest BCUT2D eigenvalue weighted by molar-refractivity contribution is 9.10. The molecule has 1 fully saturated rings. The maximum atomic E-state index is 5.85. The Bertz CT molecular complexity index is 468. The van der Waals surface area contributed by atoms with Crippen LogP contribution < -0.4 is 10.1 Å². The quantitative estimate of drug-likeness (QED) is 0.873. The van der Waals surface area contributed by atoms with Crippen molar-refractivity contribution < 1.29 is 4.74 Å². The Labute approximate surface area is 130 Å². The van der Waals surface area contributed by atoms with Gasteiger partial charge in [0.15, 0.2) is 0 Å². The van der Waals surface area contributed by atoms with E-state index in [2.05, 4.69) is 40.4 Å². The Morgan fingerprint density at radius 2 is 2.15 bits per heavy atom. The first-order valence-corrected chi connectivity index (χ1v) is 8.67. The third kappa shape index (κ3) is 3.20. The largest absolute Gasteiger partial charge is 0.493 e. The van der Waals surface area contributed by atoms with Crippen LogP contribution in [0.3, 0.4) is 0 Å². The lowest BCUT2D eigenvalue weighted by atomic mass is 9.93. The second-order valence-electron chi connectivity index (χ2n) is 6.23. The van der Waals surface area contributed by atoms with Gasteiger partial charge in [-0.2, -0.15) is 0 Å². The van der Waals surface area contributed by atoms with Crippen LogP contribution >= 0.6 is 15.9 Å². The Hall–Kier alpha value is -0.540. The topological polar surface area (TPSA) is 21.3 Å². The molecule has 1 aromatic rings. The molecular formula is C17H24BrNO. The number of ether oxygens (including phenoxy) is 1. The second-order valence-corrected chi connectivity index (χ2v) is 7.14. The molecule has 0 amide bonds. The predicted octanol–water partition coefficient (Wildman–Crippen LogP) is 4.09. The smallest absolute Gasteiger partial charge is 0.125 e. The van der Waals surface area contributed by atoms with E-state index in [4.69, 9.17) is 4.74 Å². The molecule has 1 saturated carbocycles. The van der Waals surface area contributed by atoms with Gasteiger partial charge in [0.25, 0.3) is 0 Å². The van der Waals surface area contributed by atoms with Crippen molar-refractivity contribution in [3.63, 3.8) is 0 Å². The van der Waals surface area contributed by atoms with E-state index in [0.717, 1.165) is 31.1 Å². The molecule has 2 aliphatic rings. The molecule has 0 aromatic heterocycles. The number of halogens is 1. The molecule has 1 heterocycles. The normalized spacial score (nSPS) is 19.9. The van der Waals surface area contributed by atoms with Crippen LogP contribution in [0.4, 0.5) is 0 Å². The average molecular weight is 338 g/mol. The van der Waals surface area contributed by atoms with Crippen molar-refractivity contribution in [3.8, 4) is 5.75 Å². The zero-order chi connectivity index (χ0) is 13.9. The van der Waals surface area contributed by atoms with Crippen LogP contribution in [0.25, 0.3) is 0 Å². The highest BCUT2D eigenvalue weighted by Crippen LogP contribution is 2.35. The lowest BCUT2D eigenvalue weighted by Gasteiger charge is -2.21. The van der Waals surface area contributed by atoms with Crippen LogP contribution in [-0.2, 0) is 12.8 Å².